The second-order valence-corrected chi connectivity index (χ2v) is 9.71. The lowest BCUT2D eigenvalue weighted by atomic mass is 10.1. The first-order valence-electron chi connectivity index (χ1n) is 10.7. The molecule has 0 bridgehead atoms. The first kappa shape index (κ1) is 24.3. The van der Waals surface area contributed by atoms with Crippen molar-refractivity contribution in [1.29, 1.82) is 0 Å². The van der Waals surface area contributed by atoms with Gasteiger partial charge in [0.15, 0.2) is 5.75 Å². The van der Waals surface area contributed by atoms with Gasteiger partial charge in [0.05, 0.1) is 18.7 Å². The van der Waals surface area contributed by atoms with Crippen LogP contribution in [0.1, 0.15) is 31.1 Å². The summed E-state index contributed by atoms with van der Waals surface area (Å²) in [4.78, 5) is 33.3. The Morgan fingerprint density at radius 2 is 1.97 bits per heavy atom. The van der Waals surface area contributed by atoms with Crippen molar-refractivity contribution in [1.82, 2.24) is 14.8 Å². The molecule has 1 atom stereocenters. The van der Waals surface area contributed by atoms with E-state index in [1.807, 2.05) is 0 Å². The predicted molar refractivity (Wildman–Crippen MR) is 124 cm³/mol. The average Bonchev–Trinajstić information content (AvgIpc) is 2.92. The van der Waals surface area contributed by atoms with E-state index in [0.717, 1.165) is 0 Å². The Morgan fingerprint density at radius 3 is 2.65 bits per heavy atom. The van der Waals surface area contributed by atoms with Crippen molar-refractivity contribution in [2.75, 3.05) is 33.4 Å². The molecular weight excluding hydrogens is 488 g/mol. The van der Waals surface area contributed by atoms with Gasteiger partial charge in [-0.25, -0.2) is 14.2 Å². The van der Waals surface area contributed by atoms with Gasteiger partial charge < -0.3 is 24.0 Å². The first-order chi connectivity index (χ1) is 16.0. The molecule has 0 N–H and O–H groups in total. The summed E-state index contributed by atoms with van der Waals surface area (Å²) in [5.41, 5.74) is -0.631. The van der Waals surface area contributed by atoms with E-state index in [9.17, 15) is 14.0 Å². The molecule has 0 saturated carbocycles. The molecule has 2 aromatic rings. The fourth-order valence-electron chi connectivity index (χ4n) is 3.99. The zero-order chi connectivity index (χ0) is 24.8. The predicted octanol–water partition coefficient (Wildman–Crippen LogP) is 4.66. The van der Waals surface area contributed by atoms with Crippen LogP contribution in [0, 0.1) is 5.82 Å². The van der Waals surface area contributed by atoms with Crippen LogP contribution in [0.2, 0.25) is 10.2 Å². The van der Waals surface area contributed by atoms with Gasteiger partial charge in [-0.3, -0.25) is 4.79 Å². The fraction of sp³-hybridized carbons (Fsp3) is 0.435. The van der Waals surface area contributed by atoms with Crippen LogP contribution in [-0.2, 0) is 4.74 Å². The van der Waals surface area contributed by atoms with Crippen LogP contribution in [0.5, 0.6) is 11.5 Å². The third kappa shape index (κ3) is 4.46. The van der Waals surface area contributed by atoms with Crippen LogP contribution in [0.15, 0.2) is 18.2 Å². The lowest BCUT2D eigenvalue weighted by Gasteiger charge is -2.40. The summed E-state index contributed by atoms with van der Waals surface area (Å²) in [5, 5.41) is -0.222. The Morgan fingerprint density at radius 1 is 1.24 bits per heavy atom. The van der Waals surface area contributed by atoms with Crippen molar-refractivity contribution in [3.63, 3.8) is 0 Å². The molecule has 182 valence electrons. The SMILES string of the molecule is COc1cccc(F)c1-c1nc(Cl)c2c(c1Cl)OCC1CN(C(=O)OC(C)(C)C)CCN1C2=O. The highest BCUT2D eigenvalue weighted by Crippen LogP contribution is 2.45. The number of carbonyl (C=O) groups is 2. The largest absolute Gasteiger partial charge is 0.496 e. The molecule has 8 nitrogen and oxygen atoms in total. The topological polar surface area (TPSA) is 81.2 Å². The van der Waals surface area contributed by atoms with E-state index in [4.69, 9.17) is 37.4 Å². The van der Waals surface area contributed by atoms with Crippen molar-refractivity contribution in [3.05, 3.63) is 39.8 Å². The monoisotopic (exact) mass is 511 g/mol. The smallest absolute Gasteiger partial charge is 0.410 e. The number of aromatic nitrogens is 1. The number of amides is 2. The van der Waals surface area contributed by atoms with Crippen molar-refractivity contribution < 1.29 is 28.2 Å². The third-order valence-electron chi connectivity index (χ3n) is 5.51. The molecule has 2 amide bonds. The molecule has 0 aliphatic carbocycles. The fourth-order valence-corrected chi connectivity index (χ4v) is 4.52. The minimum Gasteiger partial charge on any atom is -0.496 e. The maximum atomic E-state index is 14.7. The second-order valence-electron chi connectivity index (χ2n) is 8.98. The number of carbonyl (C=O) groups excluding carboxylic acids is 2. The van der Waals surface area contributed by atoms with Gasteiger partial charge in [0, 0.05) is 19.6 Å². The Hall–Kier alpha value is -2.78. The maximum absolute atomic E-state index is 14.7. The van der Waals surface area contributed by atoms with Gasteiger partial charge in [0.1, 0.15) is 45.2 Å². The highest BCUT2D eigenvalue weighted by Gasteiger charge is 2.40. The first-order valence-corrected chi connectivity index (χ1v) is 11.4. The molecule has 1 saturated heterocycles. The molecule has 11 heteroatoms. The number of ether oxygens (including phenoxy) is 3. The van der Waals surface area contributed by atoms with Gasteiger partial charge in [-0.2, -0.15) is 0 Å². The molecule has 4 rings (SSSR count). The summed E-state index contributed by atoms with van der Waals surface area (Å²) in [6.07, 6.45) is -0.465. The molecule has 1 unspecified atom stereocenters. The molecule has 0 radical (unpaired) electrons. The van der Waals surface area contributed by atoms with Gasteiger partial charge in [-0.05, 0) is 32.9 Å². The van der Waals surface area contributed by atoms with Crippen LogP contribution < -0.4 is 9.47 Å². The maximum Gasteiger partial charge on any atom is 0.410 e. The molecular formula is C23H24Cl2FN3O5. The molecule has 2 aliphatic heterocycles. The van der Waals surface area contributed by atoms with Crippen LogP contribution in [0.25, 0.3) is 11.3 Å². The number of benzene rings is 1. The Kier molecular flexibility index (Phi) is 6.52. The summed E-state index contributed by atoms with van der Waals surface area (Å²) < 4.78 is 31.4. The van der Waals surface area contributed by atoms with Crippen LogP contribution in [0.3, 0.4) is 0 Å². The van der Waals surface area contributed by atoms with E-state index in [-0.39, 0.29) is 64.7 Å². The number of pyridine rings is 1. The Labute approximate surface area is 206 Å². The molecule has 0 spiro atoms. The number of fused-ring (bicyclic) bond motifs is 2. The van der Waals surface area contributed by atoms with E-state index in [1.165, 1.54) is 24.1 Å². The molecule has 1 fully saturated rings. The minimum absolute atomic E-state index is 0.000981. The van der Waals surface area contributed by atoms with Gasteiger partial charge in [0.2, 0.25) is 0 Å². The zero-order valence-electron chi connectivity index (χ0n) is 19.2. The number of hydrogen-bond donors (Lipinski definition) is 0. The molecule has 3 heterocycles. The third-order valence-corrected chi connectivity index (χ3v) is 6.14. The second kappa shape index (κ2) is 9.11. The number of methoxy groups -OCH3 is 1. The summed E-state index contributed by atoms with van der Waals surface area (Å²) in [6.45, 7) is 6.16. The van der Waals surface area contributed by atoms with E-state index < -0.39 is 29.5 Å². The number of nitrogens with zero attached hydrogens (tertiary/aromatic N) is 3. The van der Waals surface area contributed by atoms with Crippen molar-refractivity contribution in [2.24, 2.45) is 0 Å². The Bertz CT molecular complexity index is 1150. The highest BCUT2D eigenvalue weighted by molar-refractivity contribution is 6.38. The van der Waals surface area contributed by atoms with E-state index >= 15 is 0 Å². The Balaban J connectivity index is 1.69. The highest BCUT2D eigenvalue weighted by atomic mass is 35.5. The number of rotatable bonds is 2. The lowest BCUT2D eigenvalue weighted by molar-refractivity contribution is 0.000951. The molecule has 34 heavy (non-hydrogen) atoms. The van der Waals surface area contributed by atoms with Crippen molar-refractivity contribution in [2.45, 2.75) is 32.4 Å². The van der Waals surface area contributed by atoms with E-state index in [1.54, 1.807) is 31.7 Å². The van der Waals surface area contributed by atoms with Gasteiger partial charge in [-0.15, -0.1) is 0 Å². The zero-order valence-corrected chi connectivity index (χ0v) is 20.7. The van der Waals surface area contributed by atoms with E-state index in [2.05, 4.69) is 4.98 Å². The van der Waals surface area contributed by atoms with Gasteiger partial charge in [-0.1, -0.05) is 29.3 Å². The molecule has 1 aromatic carbocycles. The van der Waals surface area contributed by atoms with Crippen molar-refractivity contribution in [3.8, 4) is 22.8 Å². The summed E-state index contributed by atoms with van der Waals surface area (Å²) >= 11 is 13.0. The molecule has 1 aromatic heterocycles. The van der Waals surface area contributed by atoms with E-state index in [0.29, 0.717) is 0 Å². The molecule has 2 aliphatic rings. The number of halogens is 3. The summed E-state index contributed by atoms with van der Waals surface area (Å²) in [5.74, 6) is -0.816. The summed E-state index contributed by atoms with van der Waals surface area (Å²) in [6, 6.07) is 3.84. The minimum atomic E-state index is -0.642. The number of hydrogen-bond acceptors (Lipinski definition) is 6. The normalized spacial score (nSPS) is 18.0. The van der Waals surface area contributed by atoms with Crippen molar-refractivity contribution >= 4 is 35.2 Å². The quantitative estimate of drug-likeness (QED) is 0.545. The van der Waals surface area contributed by atoms with Gasteiger partial charge >= 0.3 is 6.09 Å². The van der Waals surface area contributed by atoms with Gasteiger partial charge in [0.25, 0.3) is 5.91 Å². The van der Waals surface area contributed by atoms with Crippen LogP contribution in [0.4, 0.5) is 9.18 Å². The van der Waals surface area contributed by atoms with Crippen LogP contribution >= 0.6 is 23.2 Å². The standard InChI is InChI=1S/C23H24Cl2FN3O5/c1-23(2,3)34-22(31)28-8-9-29-12(10-28)11-33-19-16(21(29)30)20(25)27-18(17(19)24)15-13(26)6-5-7-14(15)32-4/h5-7,12H,8-11H2,1-4H3. The summed E-state index contributed by atoms with van der Waals surface area (Å²) in [7, 11) is 1.39. The van der Waals surface area contributed by atoms with Crippen LogP contribution in [-0.4, -0.2) is 71.8 Å². The average molecular weight is 512 g/mol. The lowest BCUT2D eigenvalue weighted by Crippen LogP contribution is -2.58. The number of piperazine rings is 1.